The predicted molar refractivity (Wildman–Crippen MR) is 81.5 cm³/mol. The molecule has 2 aromatic rings. The summed E-state index contributed by atoms with van der Waals surface area (Å²) in [4.78, 5) is 30.7. The molecule has 2 aromatic heterocycles. The Bertz CT molecular complexity index is 675. The van der Waals surface area contributed by atoms with Crippen LogP contribution in [0.15, 0.2) is 24.8 Å². The largest absolute Gasteiger partial charge is 0.365 e. The van der Waals surface area contributed by atoms with Gasteiger partial charge in [0, 0.05) is 37.6 Å². The Morgan fingerprint density at radius 2 is 2.18 bits per heavy atom. The lowest BCUT2D eigenvalue weighted by atomic mass is 9.97. The van der Waals surface area contributed by atoms with E-state index in [2.05, 4.69) is 24.8 Å². The standard InChI is InChI=1S/C15H18N6O/c1-10-12(14(16)22)7-19-15(20-10)11-3-2-6-21(9-11)13-8-17-4-5-18-13/h4-5,7-8,11H,2-3,6,9H2,1H3,(H2,16,22). The molecule has 2 N–H and O–H groups in total. The van der Waals surface area contributed by atoms with Crippen molar-refractivity contribution in [2.24, 2.45) is 5.73 Å². The first-order valence-corrected chi connectivity index (χ1v) is 7.29. The van der Waals surface area contributed by atoms with Gasteiger partial charge in [0.2, 0.25) is 0 Å². The smallest absolute Gasteiger partial charge is 0.252 e. The minimum absolute atomic E-state index is 0.219. The summed E-state index contributed by atoms with van der Waals surface area (Å²) < 4.78 is 0. The minimum atomic E-state index is -0.492. The Labute approximate surface area is 128 Å². The Morgan fingerprint density at radius 1 is 1.32 bits per heavy atom. The second-order valence-electron chi connectivity index (χ2n) is 5.44. The number of rotatable bonds is 3. The highest BCUT2D eigenvalue weighted by molar-refractivity contribution is 5.93. The quantitative estimate of drug-likeness (QED) is 0.909. The van der Waals surface area contributed by atoms with E-state index in [9.17, 15) is 4.79 Å². The van der Waals surface area contributed by atoms with Crippen LogP contribution in [0.3, 0.4) is 0 Å². The van der Waals surface area contributed by atoms with Gasteiger partial charge in [0.05, 0.1) is 17.5 Å². The third-order valence-electron chi connectivity index (χ3n) is 3.92. The third kappa shape index (κ3) is 2.88. The summed E-state index contributed by atoms with van der Waals surface area (Å²) in [5.74, 6) is 1.36. The molecular weight excluding hydrogens is 280 g/mol. The summed E-state index contributed by atoms with van der Waals surface area (Å²) >= 11 is 0. The van der Waals surface area contributed by atoms with Gasteiger partial charge >= 0.3 is 0 Å². The average molecular weight is 298 g/mol. The van der Waals surface area contributed by atoms with Crippen molar-refractivity contribution in [3.8, 4) is 0 Å². The number of anilines is 1. The van der Waals surface area contributed by atoms with Crippen LogP contribution in [0.25, 0.3) is 0 Å². The number of carbonyl (C=O) groups excluding carboxylic acids is 1. The molecule has 7 nitrogen and oxygen atoms in total. The number of nitrogens with two attached hydrogens (primary N) is 1. The zero-order valence-corrected chi connectivity index (χ0v) is 12.4. The van der Waals surface area contributed by atoms with Crippen LogP contribution in [-0.4, -0.2) is 38.9 Å². The summed E-state index contributed by atoms with van der Waals surface area (Å²) in [6.45, 7) is 3.54. The van der Waals surface area contributed by atoms with E-state index >= 15 is 0 Å². The van der Waals surface area contributed by atoms with Gasteiger partial charge in [-0.05, 0) is 19.8 Å². The molecule has 3 rings (SSSR count). The molecule has 0 saturated carbocycles. The monoisotopic (exact) mass is 298 g/mol. The van der Waals surface area contributed by atoms with E-state index in [1.54, 1.807) is 25.5 Å². The van der Waals surface area contributed by atoms with Crippen molar-refractivity contribution in [1.82, 2.24) is 19.9 Å². The van der Waals surface area contributed by atoms with Crippen molar-refractivity contribution >= 4 is 11.7 Å². The SMILES string of the molecule is Cc1nc(C2CCCN(c3cnccn3)C2)ncc1C(N)=O. The van der Waals surface area contributed by atoms with Crippen molar-refractivity contribution < 1.29 is 4.79 Å². The van der Waals surface area contributed by atoms with E-state index in [1.807, 2.05) is 0 Å². The molecule has 1 unspecified atom stereocenters. The number of aryl methyl sites for hydroxylation is 1. The van der Waals surface area contributed by atoms with Gasteiger partial charge in [-0.15, -0.1) is 0 Å². The van der Waals surface area contributed by atoms with Crippen molar-refractivity contribution in [3.05, 3.63) is 41.9 Å². The Morgan fingerprint density at radius 3 is 2.86 bits per heavy atom. The van der Waals surface area contributed by atoms with E-state index in [-0.39, 0.29) is 5.92 Å². The van der Waals surface area contributed by atoms with Gasteiger partial charge in [0.25, 0.3) is 5.91 Å². The van der Waals surface area contributed by atoms with Crippen molar-refractivity contribution in [2.75, 3.05) is 18.0 Å². The first-order chi connectivity index (χ1) is 10.6. The topological polar surface area (TPSA) is 97.9 Å². The van der Waals surface area contributed by atoms with Crippen LogP contribution < -0.4 is 10.6 Å². The van der Waals surface area contributed by atoms with Gasteiger partial charge in [-0.2, -0.15) is 0 Å². The molecule has 22 heavy (non-hydrogen) atoms. The first kappa shape index (κ1) is 14.4. The molecule has 0 radical (unpaired) electrons. The van der Waals surface area contributed by atoms with Crippen LogP contribution in [0, 0.1) is 6.92 Å². The van der Waals surface area contributed by atoms with Gasteiger partial charge in [0.15, 0.2) is 0 Å². The van der Waals surface area contributed by atoms with Crippen LogP contribution >= 0.6 is 0 Å². The number of primary amides is 1. The van der Waals surface area contributed by atoms with E-state index in [4.69, 9.17) is 5.73 Å². The number of amides is 1. The number of hydrogen-bond donors (Lipinski definition) is 1. The molecule has 1 atom stereocenters. The normalized spacial score (nSPS) is 18.2. The van der Waals surface area contributed by atoms with Gasteiger partial charge in [-0.25, -0.2) is 15.0 Å². The van der Waals surface area contributed by atoms with Gasteiger partial charge in [-0.1, -0.05) is 0 Å². The van der Waals surface area contributed by atoms with Crippen molar-refractivity contribution in [1.29, 1.82) is 0 Å². The Hall–Kier alpha value is -2.57. The third-order valence-corrected chi connectivity index (χ3v) is 3.92. The zero-order chi connectivity index (χ0) is 15.5. The molecule has 114 valence electrons. The van der Waals surface area contributed by atoms with Gasteiger partial charge < -0.3 is 10.6 Å². The highest BCUT2D eigenvalue weighted by Crippen LogP contribution is 2.27. The van der Waals surface area contributed by atoms with Crippen LogP contribution in [-0.2, 0) is 0 Å². The number of piperidine rings is 1. The summed E-state index contributed by atoms with van der Waals surface area (Å²) in [6, 6.07) is 0. The fourth-order valence-corrected chi connectivity index (χ4v) is 2.77. The molecule has 0 aromatic carbocycles. The first-order valence-electron chi connectivity index (χ1n) is 7.29. The lowest BCUT2D eigenvalue weighted by Gasteiger charge is -2.32. The fraction of sp³-hybridized carbons (Fsp3) is 0.400. The van der Waals surface area contributed by atoms with Crippen LogP contribution in [0.4, 0.5) is 5.82 Å². The summed E-state index contributed by atoms with van der Waals surface area (Å²) in [5.41, 5.74) is 6.31. The fourth-order valence-electron chi connectivity index (χ4n) is 2.77. The van der Waals surface area contributed by atoms with E-state index in [0.717, 1.165) is 37.6 Å². The summed E-state index contributed by atoms with van der Waals surface area (Å²) in [7, 11) is 0. The number of nitrogens with zero attached hydrogens (tertiary/aromatic N) is 5. The molecule has 0 bridgehead atoms. The van der Waals surface area contributed by atoms with Crippen LogP contribution in [0.2, 0.25) is 0 Å². The molecule has 1 fully saturated rings. The summed E-state index contributed by atoms with van der Waals surface area (Å²) in [6.07, 6.45) is 8.72. The lowest BCUT2D eigenvalue weighted by Crippen LogP contribution is -2.35. The molecule has 1 saturated heterocycles. The predicted octanol–water partition coefficient (Wildman–Crippen LogP) is 1.06. The molecular formula is C15H18N6O. The summed E-state index contributed by atoms with van der Waals surface area (Å²) in [5, 5.41) is 0. The number of hydrogen-bond acceptors (Lipinski definition) is 6. The second kappa shape index (κ2) is 6.05. The number of carbonyl (C=O) groups is 1. The minimum Gasteiger partial charge on any atom is -0.365 e. The highest BCUT2D eigenvalue weighted by atomic mass is 16.1. The van der Waals surface area contributed by atoms with Crippen molar-refractivity contribution in [3.63, 3.8) is 0 Å². The van der Waals surface area contributed by atoms with E-state index in [0.29, 0.717) is 11.3 Å². The highest BCUT2D eigenvalue weighted by Gasteiger charge is 2.25. The Kier molecular flexibility index (Phi) is 3.95. The van der Waals surface area contributed by atoms with Crippen LogP contribution in [0.5, 0.6) is 0 Å². The number of aromatic nitrogens is 4. The van der Waals surface area contributed by atoms with E-state index < -0.39 is 5.91 Å². The maximum Gasteiger partial charge on any atom is 0.252 e. The molecule has 1 aliphatic heterocycles. The second-order valence-corrected chi connectivity index (χ2v) is 5.44. The maximum atomic E-state index is 11.3. The van der Waals surface area contributed by atoms with Gasteiger partial charge in [-0.3, -0.25) is 9.78 Å². The van der Waals surface area contributed by atoms with Gasteiger partial charge in [0.1, 0.15) is 11.6 Å². The molecule has 3 heterocycles. The Balaban J connectivity index is 1.80. The molecule has 1 aliphatic rings. The lowest BCUT2D eigenvalue weighted by molar-refractivity contribution is 0.0999. The molecule has 1 amide bonds. The molecule has 0 spiro atoms. The zero-order valence-electron chi connectivity index (χ0n) is 12.4. The average Bonchev–Trinajstić information content (AvgIpc) is 2.55. The van der Waals surface area contributed by atoms with E-state index in [1.165, 1.54) is 6.20 Å². The van der Waals surface area contributed by atoms with Crippen LogP contribution in [0.1, 0.15) is 40.6 Å². The molecule has 0 aliphatic carbocycles. The van der Waals surface area contributed by atoms with Crippen molar-refractivity contribution in [2.45, 2.75) is 25.7 Å². The maximum absolute atomic E-state index is 11.3. The molecule has 7 heteroatoms.